The highest BCUT2D eigenvalue weighted by atomic mass is 19.1. The van der Waals surface area contributed by atoms with Gasteiger partial charge in [-0.3, -0.25) is 0 Å². The van der Waals surface area contributed by atoms with Gasteiger partial charge in [-0.15, -0.1) is 0 Å². The zero-order valence-electron chi connectivity index (χ0n) is 9.59. The molecule has 1 N–H and O–H groups in total. The average Bonchev–Trinajstić information content (AvgIpc) is 2.31. The van der Waals surface area contributed by atoms with E-state index in [9.17, 15) is 4.39 Å². The van der Waals surface area contributed by atoms with Crippen LogP contribution in [0.3, 0.4) is 0 Å². The van der Waals surface area contributed by atoms with Crippen LogP contribution in [0.25, 0.3) is 0 Å². The van der Waals surface area contributed by atoms with Crippen LogP contribution in [0.4, 0.5) is 10.1 Å². The van der Waals surface area contributed by atoms with E-state index in [1.54, 1.807) is 12.1 Å². The first-order valence-electron chi connectivity index (χ1n) is 5.71. The summed E-state index contributed by atoms with van der Waals surface area (Å²) in [6, 6.07) is 6.37. The van der Waals surface area contributed by atoms with Gasteiger partial charge in [0.25, 0.3) is 0 Å². The van der Waals surface area contributed by atoms with Crippen LogP contribution in [0.15, 0.2) is 18.2 Å². The molecule has 2 nitrogen and oxygen atoms in total. The molecule has 16 heavy (non-hydrogen) atoms. The molecule has 86 valence electrons. The topological polar surface area (TPSA) is 35.8 Å². The maximum Gasteiger partial charge on any atom is 0.141 e. The monoisotopic (exact) mass is 220 g/mol. The summed E-state index contributed by atoms with van der Waals surface area (Å²) in [6.45, 7) is 3.04. The third-order valence-electron chi connectivity index (χ3n) is 2.45. The number of hydrogen-bond donors (Lipinski definition) is 1. The van der Waals surface area contributed by atoms with Crippen LogP contribution in [-0.2, 0) is 0 Å². The first-order valence-corrected chi connectivity index (χ1v) is 5.71. The van der Waals surface area contributed by atoms with Crippen LogP contribution in [-0.4, -0.2) is 6.54 Å². The molecule has 1 aromatic carbocycles. The normalized spacial score (nSPS) is 9.81. The van der Waals surface area contributed by atoms with Crippen LogP contribution in [0.2, 0.25) is 0 Å². The Hall–Kier alpha value is -1.56. The van der Waals surface area contributed by atoms with Crippen LogP contribution in [0.5, 0.6) is 0 Å². The minimum absolute atomic E-state index is 0.0959. The van der Waals surface area contributed by atoms with Crippen molar-refractivity contribution in [1.82, 2.24) is 0 Å². The lowest BCUT2D eigenvalue weighted by Gasteiger charge is -2.06. The van der Waals surface area contributed by atoms with E-state index in [2.05, 4.69) is 12.2 Å². The van der Waals surface area contributed by atoms with Gasteiger partial charge >= 0.3 is 0 Å². The molecule has 0 bridgehead atoms. The van der Waals surface area contributed by atoms with E-state index in [-0.39, 0.29) is 5.56 Å². The van der Waals surface area contributed by atoms with Gasteiger partial charge in [0.05, 0.1) is 5.56 Å². The predicted molar refractivity (Wildman–Crippen MR) is 63.7 cm³/mol. The van der Waals surface area contributed by atoms with E-state index in [0.29, 0.717) is 0 Å². The number of anilines is 1. The molecule has 1 aromatic rings. The van der Waals surface area contributed by atoms with Crippen LogP contribution in [0.1, 0.15) is 38.2 Å². The van der Waals surface area contributed by atoms with E-state index < -0.39 is 5.82 Å². The SMILES string of the molecule is CCCCCCNc1ccc(F)c(C#N)c1. The summed E-state index contributed by atoms with van der Waals surface area (Å²) in [4.78, 5) is 0. The third kappa shape index (κ3) is 3.90. The van der Waals surface area contributed by atoms with Crippen molar-refractivity contribution >= 4 is 5.69 Å². The lowest BCUT2D eigenvalue weighted by atomic mass is 10.2. The summed E-state index contributed by atoms with van der Waals surface area (Å²) in [5, 5.41) is 11.9. The molecule has 0 aliphatic carbocycles. The second-order valence-electron chi connectivity index (χ2n) is 3.79. The quantitative estimate of drug-likeness (QED) is 0.742. The zero-order valence-corrected chi connectivity index (χ0v) is 9.59. The van der Waals surface area contributed by atoms with Crippen molar-refractivity contribution in [3.8, 4) is 6.07 Å². The van der Waals surface area contributed by atoms with Gasteiger partial charge in [-0.1, -0.05) is 26.2 Å². The van der Waals surface area contributed by atoms with Gasteiger partial charge < -0.3 is 5.32 Å². The second-order valence-corrected chi connectivity index (χ2v) is 3.79. The van der Waals surface area contributed by atoms with Crippen molar-refractivity contribution in [2.24, 2.45) is 0 Å². The molecule has 0 saturated carbocycles. The molecule has 0 heterocycles. The summed E-state index contributed by atoms with van der Waals surface area (Å²) in [5.74, 6) is -0.459. The Labute approximate surface area is 96.1 Å². The van der Waals surface area contributed by atoms with Crippen LogP contribution < -0.4 is 5.32 Å². The summed E-state index contributed by atoms with van der Waals surface area (Å²) in [7, 11) is 0. The van der Waals surface area contributed by atoms with E-state index >= 15 is 0 Å². The highest BCUT2D eigenvalue weighted by Crippen LogP contribution is 2.14. The number of rotatable bonds is 6. The molecule has 0 aliphatic heterocycles. The number of benzene rings is 1. The second kappa shape index (κ2) is 6.84. The molecule has 0 unspecified atom stereocenters. The Morgan fingerprint density at radius 3 is 2.81 bits per heavy atom. The van der Waals surface area contributed by atoms with Gasteiger partial charge in [0, 0.05) is 12.2 Å². The van der Waals surface area contributed by atoms with Crippen LogP contribution in [0, 0.1) is 17.1 Å². The predicted octanol–water partition coefficient (Wildman–Crippen LogP) is 3.69. The highest BCUT2D eigenvalue weighted by Gasteiger charge is 2.01. The average molecular weight is 220 g/mol. The Bertz CT molecular complexity index is 369. The van der Waals surface area contributed by atoms with E-state index in [0.717, 1.165) is 18.7 Å². The van der Waals surface area contributed by atoms with Crippen molar-refractivity contribution in [3.63, 3.8) is 0 Å². The number of hydrogen-bond acceptors (Lipinski definition) is 2. The Morgan fingerprint density at radius 1 is 1.31 bits per heavy atom. The highest BCUT2D eigenvalue weighted by molar-refractivity contribution is 5.49. The fourth-order valence-corrected chi connectivity index (χ4v) is 1.51. The van der Waals surface area contributed by atoms with Gasteiger partial charge in [-0.2, -0.15) is 5.26 Å². The number of nitrogens with one attached hydrogen (secondary N) is 1. The van der Waals surface area contributed by atoms with Gasteiger partial charge in [0.15, 0.2) is 0 Å². The fraction of sp³-hybridized carbons (Fsp3) is 0.462. The molecule has 1 rings (SSSR count). The van der Waals surface area contributed by atoms with Crippen molar-refractivity contribution in [3.05, 3.63) is 29.6 Å². The Kier molecular flexibility index (Phi) is 5.35. The van der Waals surface area contributed by atoms with Gasteiger partial charge in [0.1, 0.15) is 11.9 Å². The molecule has 0 radical (unpaired) electrons. The lowest BCUT2D eigenvalue weighted by Crippen LogP contribution is -2.01. The molecular weight excluding hydrogens is 203 g/mol. The standard InChI is InChI=1S/C13H17FN2/c1-2-3-4-5-8-16-12-6-7-13(14)11(9-12)10-15/h6-7,9,16H,2-5,8H2,1H3. The summed E-state index contributed by atoms with van der Waals surface area (Å²) < 4.78 is 13.0. The van der Waals surface area contributed by atoms with E-state index in [1.807, 2.05) is 6.07 Å². The lowest BCUT2D eigenvalue weighted by molar-refractivity contribution is 0.624. The third-order valence-corrected chi connectivity index (χ3v) is 2.45. The molecule has 0 fully saturated rings. The van der Waals surface area contributed by atoms with Gasteiger partial charge in [-0.25, -0.2) is 4.39 Å². The van der Waals surface area contributed by atoms with E-state index in [4.69, 9.17) is 5.26 Å². The van der Waals surface area contributed by atoms with E-state index in [1.165, 1.54) is 25.3 Å². The maximum absolute atomic E-state index is 13.0. The Morgan fingerprint density at radius 2 is 2.12 bits per heavy atom. The molecular formula is C13H17FN2. The summed E-state index contributed by atoms with van der Waals surface area (Å²) in [6.07, 6.45) is 4.77. The van der Waals surface area contributed by atoms with Gasteiger partial charge in [-0.05, 0) is 24.6 Å². The first-order chi connectivity index (χ1) is 7.77. The molecule has 0 aliphatic rings. The number of nitriles is 1. The van der Waals surface area contributed by atoms with Crippen LogP contribution >= 0.6 is 0 Å². The smallest absolute Gasteiger partial charge is 0.141 e. The van der Waals surface area contributed by atoms with Crippen molar-refractivity contribution in [1.29, 1.82) is 5.26 Å². The minimum atomic E-state index is -0.459. The summed E-state index contributed by atoms with van der Waals surface area (Å²) in [5.41, 5.74) is 0.910. The number of halogens is 1. The van der Waals surface area contributed by atoms with Crippen molar-refractivity contribution < 1.29 is 4.39 Å². The maximum atomic E-state index is 13.0. The molecule has 0 saturated heterocycles. The van der Waals surface area contributed by atoms with Crippen molar-refractivity contribution in [2.45, 2.75) is 32.6 Å². The zero-order chi connectivity index (χ0) is 11.8. The number of unbranched alkanes of at least 4 members (excludes halogenated alkanes) is 3. The van der Waals surface area contributed by atoms with Gasteiger partial charge in [0.2, 0.25) is 0 Å². The molecule has 3 heteroatoms. The molecule has 0 spiro atoms. The summed E-state index contributed by atoms with van der Waals surface area (Å²) >= 11 is 0. The molecule has 0 aromatic heterocycles. The Balaban J connectivity index is 2.40. The minimum Gasteiger partial charge on any atom is -0.385 e. The molecule has 0 amide bonds. The number of nitrogens with zero attached hydrogens (tertiary/aromatic N) is 1. The fourth-order valence-electron chi connectivity index (χ4n) is 1.51. The largest absolute Gasteiger partial charge is 0.385 e. The molecule has 0 atom stereocenters. The first kappa shape index (κ1) is 12.5. The van der Waals surface area contributed by atoms with Crippen molar-refractivity contribution in [2.75, 3.05) is 11.9 Å².